The van der Waals surface area contributed by atoms with Crippen LogP contribution < -0.4 is 19.5 Å². The molecule has 1 aromatic heterocycles. The van der Waals surface area contributed by atoms with Crippen LogP contribution in [0.2, 0.25) is 5.15 Å². The van der Waals surface area contributed by atoms with Gasteiger partial charge in [-0.05, 0) is 41.5 Å². The summed E-state index contributed by atoms with van der Waals surface area (Å²) in [6, 6.07) is 17.6. The Morgan fingerprint density at radius 3 is 2.17 bits per heavy atom. The Kier molecular flexibility index (Phi) is 9.06. The van der Waals surface area contributed by atoms with Gasteiger partial charge in [-0.2, -0.15) is 0 Å². The molecule has 1 heterocycles. The first-order valence-electron chi connectivity index (χ1n) is 8.91. The van der Waals surface area contributed by atoms with Crippen molar-refractivity contribution < 1.29 is 14.2 Å². The number of rotatable bonds is 9. The quantitative estimate of drug-likeness (QED) is 0.477. The smallest absolute Gasteiger partial charge is 0.161 e. The summed E-state index contributed by atoms with van der Waals surface area (Å²) in [5.41, 5.74) is 3.26. The highest BCUT2D eigenvalue weighted by atomic mass is 35.5. The van der Waals surface area contributed by atoms with E-state index in [-0.39, 0.29) is 12.4 Å². The Hall–Kier alpha value is -2.47. The van der Waals surface area contributed by atoms with Crippen LogP contribution >= 0.6 is 24.0 Å². The van der Waals surface area contributed by atoms with Gasteiger partial charge in [0.05, 0.1) is 14.2 Å². The first kappa shape index (κ1) is 22.8. The van der Waals surface area contributed by atoms with Gasteiger partial charge in [-0.15, -0.1) is 12.4 Å². The van der Waals surface area contributed by atoms with Gasteiger partial charge in [-0.25, -0.2) is 4.98 Å². The van der Waals surface area contributed by atoms with E-state index in [0.717, 1.165) is 30.0 Å². The number of hydrogen-bond donors (Lipinski definition) is 1. The number of nitrogens with zero attached hydrogens (tertiary/aromatic N) is 1. The standard InChI is InChI=1S/C22H23ClN2O3.ClH/c1-26-19-7-3-16(4-8-19)12-24-13-17-5-9-20(21(11-17)27-2)28-15-18-6-10-22(23)25-14-18;/h3-11,14,24H,12-13,15H2,1-2H3;1H. The Morgan fingerprint density at radius 1 is 0.828 bits per heavy atom. The molecule has 5 nitrogen and oxygen atoms in total. The minimum absolute atomic E-state index is 0. The molecule has 0 bridgehead atoms. The molecule has 0 spiro atoms. The number of benzene rings is 2. The van der Waals surface area contributed by atoms with E-state index in [9.17, 15) is 0 Å². The highest BCUT2D eigenvalue weighted by Crippen LogP contribution is 2.29. The van der Waals surface area contributed by atoms with Gasteiger partial charge in [0.25, 0.3) is 0 Å². The molecule has 0 saturated carbocycles. The Morgan fingerprint density at radius 2 is 1.52 bits per heavy atom. The molecule has 0 amide bonds. The summed E-state index contributed by atoms with van der Waals surface area (Å²) < 4.78 is 16.5. The molecular formula is C22H24Cl2N2O3. The van der Waals surface area contributed by atoms with Gasteiger partial charge in [0.1, 0.15) is 17.5 Å². The lowest BCUT2D eigenvalue weighted by atomic mass is 10.1. The van der Waals surface area contributed by atoms with E-state index in [1.54, 1.807) is 26.5 Å². The third kappa shape index (κ3) is 6.82. The van der Waals surface area contributed by atoms with Gasteiger partial charge in [-0.3, -0.25) is 0 Å². The van der Waals surface area contributed by atoms with Crippen LogP contribution in [0.25, 0.3) is 0 Å². The number of ether oxygens (including phenoxy) is 3. The fourth-order valence-corrected chi connectivity index (χ4v) is 2.80. The second kappa shape index (κ2) is 11.5. The maximum atomic E-state index is 5.86. The van der Waals surface area contributed by atoms with Crippen LogP contribution in [-0.2, 0) is 19.7 Å². The first-order valence-corrected chi connectivity index (χ1v) is 9.29. The van der Waals surface area contributed by atoms with Crippen LogP contribution in [0.5, 0.6) is 17.2 Å². The zero-order chi connectivity index (χ0) is 19.8. The fraction of sp³-hybridized carbons (Fsp3) is 0.227. The predicted octanol–water partition coefficient (Wildman–Crippen LogP) is 5.04. The third-order valence-corrected chi connectivity index (χ3v) is 4.45. The molecule has 0 aliphatic heterocycles. The van der Waals surface area contributed by atoms with E-state index >= 15 is 0 Å². The minimum atomic E-state index is 0. The number of hydrogen-bond acceptors (Lipinski definition) is 5. The van der Waals surface area contributed by atoms with Crippen molar-refractivity contribution in [3.05, 3.63) is 82.6 Å². The van der Waals surface area contributed by atoms with Gasteiger partial charge in [-0.1, -0.05) is 35.9 Å². The predicted molar refractivity (Wildman–Crippen MR) is 117 cm³/mol. The van der Waals surface area contributed by atoms with Crippen molar-refractivity contribution in [2.75, 3.05) is 14.2 Å². The van der Waals surface area contributed by atoms with Crippen LogP contribution in [0.3, 0.4) is 0 Å². The molecule has 2 aromatic carbocycles. The fourth-order valence-electron chi connectivity index (χ4n) is 2.69. The molecule has 0 fully saturated rings. The van der Waals surface area contributed by atoms with E-state index in [1.165, 1.54) is 5.56 Å². The molecule has 3 rings (SSSR count). The van der Waals surface area contributed by atoms with Gasteiger partial charge >= 0.3 is 0 Å². The van der Waals surface area contributed by atoms with E-state index < -0.39 is 0 Å². The maximum Gasteiger partial charge on any atom is 0.161 e. The van der Waals surface area contributed by atoms with Crippen LogP contribution in [-0.4, -0.2) is 19.2 Å². The minimum Gasteiger partial charge on any atom is -0.497 e. The largest absolute Gasteiger partial charge is 0.497 e. The number of methoxy groups -OCH3 is 2. The third-order valence-electron chi connectivity index (χ3n) is 4.23. The molecule has 0 aliphatic carbocycles. The van der Waals surface area contributed by atoms with Crippen molar-refractivity contribution >= 4 is 24.0 Å². The Balaban J connectivity index is 0.00000300. The van der Waals surface area contributed by atoms with E-state index in [2.05, 4.69) is 22.4 Å². The summed E-state index contributed by atoms with van der Waals surface area (Å²) >= 11 is 5.80. The van der Waals surface area contributed by atoms with Gasteiger partial charge in [0.15, 0.2) is 11.5 Å². The SMILES string of the molecule is COc1ccc(CNCc2ccc(OCc3ccc(Cl)nc3)c(OC)c2)cc1.Cl. The maximum absolute atomic E-state index is 5.86. The number of pyridine rings is 1. The molecule has 0 aliphatic rings. The van der Waals surface area contributed by atoms with Crippen molar-refractivity contribution in [3.63, 3.8) is 0 Å². The summed E-state index contributed by atoms with van der Waals surface area (Å²) in [5.74, 6) is 2.25. The summed E-state index contributed by atoms with van der Waals surface area (Å²) in [4.78, 5) is 4.06. The van der Waals surface area contributed by atoms with E-state index in [1.807, 2.05) is 36.4 Å². The summed E-state index contributed by atoms with van der Waals surface area (Å²) in [6.07, 6.45) is 1.70. The lowest BCUT2D eigenvalue weighted by Gasteiger charge is -2.13. The molecular weight excluding hydrogens is 411 g/mol. The monoisotopic (exact) mass is 434 g/mol. The van der Waals surface area contributed by atoms with E-state index in [4.69, 9.17) is 25.8 Å². The second-order valence-electron chi connectivity index (χ2n) is 6.21. The second-order valence-corrected chi connectivity index (χ2v) is 6.60. The summed E-state index contributed by atoms with van der Waals surface area (Å²) in [6.45, 7) is 1.90. The number of nitrogens with one attached hydrogen (secondary N) is 1. The van der Waals surface area contributed by atoms with Crippen molar-refractivity contribution in [2.45, 2.75) is 19.7 Å². The highest BCUT2D eigenvalue weighted by molar-refractivity contribution is 6.29. The Labute approximate surface area is 182 Å². The lowest BCUT2D eigenvalue weighted by Crippen LogP contribution is -2.12. The van der Waals surface area contributed by atoms with Crippen LogP contribution in [0, 0.1) is 0 Å². The molecule has 0 saturated heterocycles. The summed E-state index contributed by atoms with van der Waals surface area (Å²) in [7, 11) is 3.31. The molecule has 0 atom stereocenters. The zero-order valence-electron chi connectivity index (χ0n) is 16.4. The highest BCUT2D eigenvalue weighted by Gasteiger charge is 2.07. The van der Waals surface area contributed by atoms with Crippen LogP contribution in [0.4, 0.5) is 0 Å². The molecule has 0 unspecified atom stereocenters. The topological polar surface area (TPSA) is 52.6 Å². The molecule has 7 heteroatoms. The van der Waals surface area contributed by atoms with Crippen molar-refractivity contribution in [1.82, 2.24) is 10.3 Å². The van der Waals surface area contributed by atoms with Gasteiger partial charge in [0, 0.05) is 24.8 Å². The molecule has 154 valence electrons. The van der Waals surface area contributed by atoms with Gasteiger partial charge < -0.3 is 19.5 Å². The average molecular weight is 435 g/mol. The van der Waals surface area contributed by atoms with Crippen LogP contribution in [0.1, 0.15) is 16.7 Å². The number of halogens is 2. The molecule has 1 N–H and O–H groups in total. The van der Waals surface area contributed by atoms with Crippen molar-refractivity contribution in [2.24, 2.45) is 0 Å². The average Bonchev–Trinajstić information content (AvgIpc) is 2.74. The molecule has 0 radical (unpaired) electrons. The zero-order valence-corrected chi connectivity index (χ0v) is 17.9. The molecule has 29 heavy (non-hydrogen) atoms. The normalized spacial score (nSPS) is 10.2. The van der Waals surface area contributed by atoms with Gasteiger partial charge in [0.2, 0.25) is 0 Å². The number of aromatic nitrogens is 1. The molecule has 3 aromatic rings. The van der Waals surface area contributed by atoms with Crippen molar-refractivity contribution in [3.8, 4) is 17.2 Å². The van der Waals surface area contributed by atoms with Crippen molar-refractivity contribution in [1.29, 1.82) is 0 Å². The summed E-state index contributed by atoms with van der Waals surface area (Å²) in [5, 5.41) is 3.90. The first-order chi connectivity index (χ1) is 13.7. The van der Waals surface area contributed by atoms with Crippen LogP contribution in [0.15, 0.2) is 60.8 Å². The lowest BCUT2D eigenvalue weighted by molar-refractivity contribution is 0.284. The Bertz CT molecular complexity index is 888. The van der Waals surface area contributed by atoms with E-state index in [0.29, 0.717) is 23.3 Å².